The fourth-order valence-corrected chi connectivity index (χ4v) is 2.27. The number of hydrogen-bond donors (Lipinski definition) is 5. The van der Waals surface area contributed by atoms with Gasteiger partial charge in [-0.2, -0.15) is 20.7 Å². The number of carboxylic acids is 3. The lowest BCUT2D eigenvalue weighted by Gasteiger charge is -2.24. The minimum atomic E-state index is -2.77. The number of H-pyrrole nitrogens is 2. The van der Waals surface area contributed by atoms with Crippen LogP contribution < -0.4 is 0 Å². The molecule has 2 heterocycles. The summed E-state index contributed by atoms with van der Waals surface area (Å²) >= 11 is 0. The average molecular weight is 426 g/mol. The molecule has 0 aromatic carbocycles. The fraction of sp³-hybridized carbons (Fsp3) is 0.500. The molecule has 5 N–H and O–H groups in total. The number of carbonyl (C=O) groups excluding carboxylic acids is 1. The molecule has 2 aromatic rings. The number of esters is 1. The van der Waals surface area contributed by atoms with Crippen LogP contribution in [0.3, 0.4) is 0 Å². The lowest BCUT2D eigenvalue weighted by molar-refractivity contribution is -0.156. The Morgan fingerprint density at radius 1 is 0.900 bits per heavy atom. The molecule has 30 heavy (non-hydrogen) atoms. The number of aliphatic carboxylic acids is 3. The predicted octanol–water partition coefficient (Wildman–Crippen LogP) is -2.15. The Morgan fingerprint density at radius 2 is 1.37 bits per heavy atom. The number of azo groups is 1. The predicted molar refractivity (Wildman–Crippen MR) is 85.3 cm³/mol. The molecular formula is C12H14N10O8. The molecule has 2 aromatic heterocycles. The molecule has 18 nitrogen and oxygen atoms in total. The van der Waals surface area contributed by atoms with Gasteiger partial charge in [0.1, 0.15) is 0 Å². The zero-order chi connectivity index (χ0) is 22.4. The highest BCUT2D eigenvalue weighted by Crippen LogP contribution is 2.34. The van der Waals surface area contributed by atoms with Crippen LogP contribution in [0, 0.1) is 0 Å². The molecule has 2 atom stereocenters. The third kappa shape index (κ3) is 4.20. The van der Waals surface area contributed by atoms with E-state index in [0.717, 1.165) is 0 Å². The number of tetrazole rings is 2. The van der Waals surface area contributed by atoms with E-state index in [9.17, 15) is 34.5 Å². The summed E-state index contributed by atoms with van der Waals surface area (Å²) in [6, 6.07) is 0. The summed E-state index contributed by atoms with van der Waals surface area (Å²) in [6.45, 7) is 1.21. The van der Waals surface area contributed by atoms with E-state index in [0.29, 0.717) is 0 Å². The number of aromatic amines is 2. The van der Waals surface area contributed by atoms with Crippen molar-refractivity contribution in [3.05, 3.63) is 11.6 Å². The van der Waals surface area contributed by atoms with Gasteiger partial charge in [0, 0.05) is 0 Å². The first-order valence-electron chi connectivity index (χ1n) is 7.94. The minimum absolute atomic E-state index is 0.211. The fourth-order valence-electron chi connectivity index (χ4n) is 2.27. The van der Waals surface area contributed by atoms with E-state index in [1.54, 1.807) is 0 Å². The van der Waals surface area contributed by atoms with Crippen LogP contribution >= 0.6 is 0 Å². The largest absolute Gasteiger partial charge is 0.481 e. The Labute approximate surface area is 164 Å². The minimum Gasteiger partial charge on any atom is -0.481 e. The van der Waals surface area contributed by atoms with Crippen molar-refractivity contribution in [3.63, 3.8) is 0 Å². The van der Waals surface area contributed by atoms with Gasteiger partial charge >= 0.3 is 23.9 Å². The van der Waals surface area contributed by atoms with Crippen LogP contribution in [-0.2, 0) is 35.0 Å². The zero-order valence-electron chi connectivity index (χ0n) is 15.1. The summed E-state index contributed by atoms with van der Waals surface area (Å²) in [6.07, 6.45) is -2.34. The third-order valence-electron chi connectivity index (χ3n) is 3.60. The molecule has 0 radical (unpaired) electrons. The summed E-state index contributed by atoms with van der Waals surface area (Å²) in [5, 5.41) is 59.5. The average Bonchev–Trinajstić information content (AvgIpc) is 3.37. The summed E-state index contributed by atoms with van der Waals surface area (Å²) in [5.41, 5.74) is -5.35. The number of nitrogens with one attached hydrogen (secondary N) is 2. The molecule has 0 saturated heterocycles. The molecule has 0 aliphatic rings. The SMILES string of the molecule is CCOC(=O)C(CC(=O)O)(N=NC(CC(=O)O)(C(=O)O)c1nn[nH]n1)c1nn[nH]n1. The summed E-state index contributed by atoms with van der Waals surface area (Å²) in [7, 11) is 0. The first-order chi connectivity index (χ1) is 14.2. The standard InChI is InChI=1S/C12H14N10O8/c1-2-30-10(29)12(4-6(25)26,8-15-21-22-16-8)18-17-11(9(27)28,3-5(23)24)7-13-19-20-14-7/h2-4H2,1H3,(H,23,24)(H,25,26)(H,27,28)(H,13,14,19,20)(H,15,16,21,22). The highest BCUT2D eigenvalue weighted by Gasteiger charge is 2.53. The zero-order valence-corrected chi connectivity index (χ0v) is 15.1. The van der Waals surface area contributed by atoms with E-state index < -0.39 is 59.4 Å². The van der Waals surface area contributed by atoms with E-state index >= 15 is 0 Å². The summed E-state index contributed by atoms with van der Waals surface area (Å²) in [5.74, 6) is -7.68. The van der Waals surface area contributed by atoms with Crippen LogP contribution in [0.2, 0.25) is 0 Å². The van der Waals surface area contributed by atoms with Crippen molar-refractivity contribution >= 4 is 23.9 Å². The number of ether oxygens (including phenoxy) is 1. The smallest absolute Gasteiger partial charge is 0.344 e. The second-order valence-electron chi connectivity index (χ2n) is 5.56. The Kier molecular flexibility index (Phi) is 6.39. The quantitative estimate of drug-likeness (QED) is 0.189. The topological polar surface area (TPSA) is 272 Å². The van der Waals surface area contributed by atoms with Crippen molar-refractivity contribution in [3.8, 4) is 0 Å². The van der Waals surface area contributed by atoms with Gasteiger partial charge in [0.15, 0.2) is 0 Å². The lowest BCUT2D eigenvalue weighted by atomic mass is 9.94. The molecule has 160 valence electrons. The van der Waals surface area contributed by atoms with Gasteiger partial charge in [0.2, 0.25) is 11.6 Å². The molecule has 0 aliphatic carbocycles. The highest BCUT2D eigenvalue weighted by atomic mass is 16.5. The Morgan fingerprint density at radius 3 is 1.77 bits per heavy atom. The van der Waals surface area contributed by atoms with Crippen LogP contribution in [0.4, 0.5) is 0 Å². The highest BCUT2D eigenvalue weighted by molar-refractivity contribution is 5.88. The van der Waals surface area contributed by atoms with Crippen LogP contribution in [0.5, 0.6) is 0 Å². The molecule has 0 spiro atoms. The summed E-state index contributed by atoms with van der Waals surface area (Å²) < 4.78 is 4.84. The normalized spacial score (nSPS) is 15.2. The van der Waals surface area contributed by atoms with Crippen molar-refractivity contribution < 1.29 is 39.2 Å². The van der Waals surface area contributed by atoms with Crippen LogP contribution in [0.15, 0.2) is 10.2 Å². The van der Waals surface area contributed by atoms with Gasteiger partial charge < -0.3 is 20.1 Å². The number of carboxylic acid groups (broad SMARTS) is 3. The van der Waals surface area contributed by atoms with E-state index in [2.05, 4.69) is 41.0 Å². The molecule has 2 rings (SSSR count). The first-order valence-corrected chi connectivity index (χ1v) is 7.94. The number of hydrogen-bond acceptors (Lipinski definition) is 13. The first kappa shape index (κ1) is 21.9. The number of aromatic nitrogens is 8. The van der Waals surface area contributed by atoms with E-state index in [1.807, 2.05) is 10.4 Å². The van der Waals surface area contributed by atoms with Crippen LogP contribution in [-0.4, -0.2) is 87.1 Å². The Hall–Kier alpha value is -4.38. The maximum atomic E-state index is 12.6. The van der Waals surface area contributed by atoms with Crippen molar-refractivity contribution in [1.82, 2.24) is 41.2 Å². The van der Waals surface area contributed by atoms with Crippen molar-refractivity contribution in [2.75, 3.05) is 6.61 Å². The molecule has 0 aliphatic heterocycles. The van der Waals surface area contributed by atoms with Gasteiger partial charge in [-0.15, -0.1) is 20.4 Å². The molecule has 0 fully saturated rings. The van der Waals surface area contributed by atoms with Crippen molar-refractivity contribution in [2.24, 2.45) is 10.2 Å². The summed E-state index contributed by atoms with van der Waals surface area (Å²) in [4.78, 5) is 47.3. The van der Waals surface area contributed by atoms with Crippen molar-refractivity contribution in [1.29, 1.82) is 0 Å². The van der Waals surface area contributed by atoms with E-state index in [1.165, 1.54) is 6.92 Å². The van der Waals surface area contributed by atoms with Gasteiger partial charge in [-0.1, -0.05) is 10.4 Å². The van der Waals surface area contributed by atoms with Gasteiger partial charge in [0.05, 0.1) is 19.4 Å². The van der Waals surface area contributed by atoms with E-state index in [-0.39, 0.29) is 6.61 Å². The second kappa shape index (κ2) is 8.75. The van der Waals surface area contributed by atoms with Crippen molar-refractivity contribution in [2.45, 2.75) is 30.8 Å². The molecule has 2 unspecified atom stereocenters. The lowest BCUT2D eigenvalue weighted by Crippen LogP contribution is -2.42. The molecular weight excluding hydrogens is 412 g/mol. The van der Waals surface area contributed by atoms with Crippen LogP contribution in [0.1, 0.15) is 31.4 Å². The number of carbonyl (C=O) groups is 4. The second-order valence-corrected chi connectivity index (χ2v) is 5.56. The van der Waals surface area contributed by atoms with Gasteiger partial charge in [-0.25, -0.2) is 9.59 Å². The molecule has 0 saturated carbocycles. The number of rotatable bonds is 11. The van der Waals surface area contributed by atoms with Gasteiger partial charge in [-0.05, 0) is 6.92 Å². The maximum Gasteiger partial charge on any atom is 0.344 e. The monoisotopic (exact) mass is 426 g/mol. The molecule has 18 heteroatoms. The van der Waals surface area contributed by atoms with Gasteiger partial charge in [0.25, 0.3) is 11.1 Å². The number of nitrogens with zero attached hydrogens (tertiary/aromatic N) is 8. The Bertz CT molecular complexity index is 944. The third-order valence-corrected chi connectivity index (χ3v) is 3.60. The maximum absolute atomic E-state index is 12.6. The molecule has 0 bridgehead atoms. The Balaban J connectivity index is 2.73. The van der Waals surface area contributed by atoms with Crippen LogP contribution in [0.25, 0.3) is 0 Å². The molecule has 0 amide bonds. The van der Waals surface area contributed by atoms with E-state index in [4.69, 9.17) is 4.74 Å². The van der Waals surface area contributed by atoms with Gasteiger partial charge in [-0.3, -0.25) is 9.59 Å².